The number of rotatable bonds is 3. The van der Waals surface area contributed by atoms with E-state index in [1.165, 1.54) is 10.9 Å². The molecule has 2 atom stereocenters. The van der Waals surface area contributed by atoms with Gasteiger partial charge in [0.2, 0.25) is 0 Å². The minimum atomic E-state index is 0.0526. The highest BCUT2D eigenvalue weighted by Gasteiger charge is 2.25. The molecule has 1 aromatic heterocycles. The van der Waals surface area contributed by atoms with Crippen molar-refractivity contribution in [2.45, 2.75) is 18.5 Å². The van der Waals surface area contributed by atoms with Crippen LogP contribution in [0.3, 0.4) is 0 Å². The van der Waals surface area contributed by atoms with Crippen LogP contribution < -0.4 is 5.73 Å². The number of pyridine rings is 1. The van der Waals surface area contributed by atoms with Gasteiger partial charge in [-0.2, -0.15) is 0 Å². The summed E-state index contributed by atoms with van der Waals surface area (Å²) in [7, 11) is 4.39. The second-order valence-corrected chi connectivity index (χ2v) is 6.16. The number of likely N-dealkylation sites (N-methyl/N-ethyl adjacent to an activating group) is 2. The first kappa shape index (κ1) is 14.4. The maximum atomic E-state index is 6.53. The number of nitrogens with two attached hydrogens (primary N) is 1. The number of hydrogen-bond acceptors (Lipinski definition) is 4. The van der Waals surface area contributed by atoms with Crippen LogP contribution in [0.2, 0.25) is 0 Å². The lowest BCUT2D eigenvalue weighted by Crippen LogP contribution is -2.50. The van der Waals surface area contributed by atoms with Crippen LogP contribution in [0.1, 0.15) is 18.0 Å². The zero-order chi connectivity index (χ0) is 14.8. The van der Waals surface area contributed by atoms with E-state index in [0.717, 1.165) is 31.6 Å². The molecule has 0 saturated carbocycles. The van der Waals surface area contributed by atoms with E-state index >= 15 is 0 Å². The molecule has 1 aliphatic heterocycles. The summed E-state index contributed by atoms with van der Waals surface area (Å²) in [6.45, 7) is 3.35. The zero-order valence-electron chi connectivity index (χ0n) is 12.9. The lowest BCUT2D eigenvalue weighted by atomic mass is 9.95. The number of nitrogens with zero attached hydrogens (tertiary/aromatic N) is 3. The Hall–Kier alpha value is -1.49. The monoisotopic (exact) mass is 284 g/mol. The molecule has 1 saturated heterocycles. The van der Waals surface area contributed by atoms with Gasteiger partial charge >= 0.3 is 0 Å². The van der Waals surface area contributed by atoms with Crippen molar-refractivity contribution in [3.63, 3.8) is 0 Å². The molecule has 0 radical (unpaired) electrons. The average Bonchev–Trinajstić information content (AvgIpc) is 2.50. The van der Waals surface area contributed by atoms with Crippen molar-refractivity contribution in [1.29, 1.82) is 0 Å². The van der Waals surface area contributed by atoms with Gasteiger partial charge in [-0.25, -0.2) is 0 Å². The molecule has 4 nitrogen and oxygen atoms in total. The molecule has 2 N–H and O–H groups in total. The van der Waals surface area contributed by atoms with Gasteiger partial charge in [0.25, 0.3) is 0 Å². The van der Waals surface area contributed by atoms with Gasteiger partial charge in [0, 0.05) is 43.3 Å². The van der Waals surface area contributed by atoms with E-state index < -0.39 is 0 Å². The van der Waals surface area contributed by atoms with E-state index in [0.29, 0.717) is 6.04 Å². The van der Waals surface area contributed by atoms with Crippen LogP contribution in [0.15, 0.2) is 36.5 Å². The molecule has 0 spiro atoms. The largest absolute Gasteiger partial charge is 0.324 e. The van der Waals surface area contributed by atoms with Crippen LogP contribution in [-0.4, -0.2) is 54.6 Å². The number of hydrogen-bond donors (Lipinski definition) is 1. The molecular weight excluding hydrogens is 260 g/mol. The summed E-state index contributed by atoms with van der Waals surface area (Å²) in [6, 6.07) is 10.9. The summed E-state index contributed by atoms with van der Waals surface area (Å²) >= 11 is 0. The highest BCUT2D eigenvalue weighted by atomic mass is 15.3. The van der Waals surface area contributed by atoms with Crippen LogP contribution in [-0.2, 0) is 0 Å². The highest BCUT2D eigenvalue weighted by Crippen LogP contribution is 2.26. The second-order valence-electron chi connectivity index (χ2n) is 6.16. The topological polar surface area (TPSA) is 45.4 Å². The molecule has 1 fully saturated rings. The van der Waals surface area contributed by atoms with Crippen LogP contribution in [0, 0.1) is 0 Å². The number of aromatic nitrogens is 1. The summed E-state index contributed by atoms with van der Waals surface area (Å²) in [4.78, 5) is 9.25. The van der Waals surface area contributed by atoms with Crippen molar-refractivity contribution in [3.05, 3.63) is 42.1 Å². The molecule has 1 aromatic carbocycles. The van der Waals surface area contributed by atoms with Crippen molar-refractivity contribution in [2.24, 2.45) is 5.73 Å². The van der Waals surface area contributed by atoms with Gasteiger partial charge in [0.05, 0.1) is 5.52 Å². The summed E-state index contributed by atoms with van der Waals surface area (Å²) < 4.78 is 0. The lowest BCUT2D eigenvalue weighted by molar-refractivity contribution is 0.104. The standard InChI is InChI=1S/C17H24N4/c1-20-9-10-21(2)13(12-20)11-16(18)14-5-3-7-17-15(14)6-4-8-19-17/h3-8,13,16H,9-12,18H2,1-2H3. The van der Waals surface area contributed by atoms with E-state index in [1.807, 2.05) is 18.3 Å². The van der Waals surface area contributed by atoms with E-state index in [9.17, 15) is 0 Å². The fourth-order valence-corrected chi connectivity index (χ4v) is 3.23. The molecule has 2 unspecified atom stereocenters. The normalized spacial score (nSPS) is 22.5. The quantitative estimate of drug-likeness (QED) is 0.934. The number of benzene rings is 1. The maximum absolute atomic E-state index is 6.53. The minimum Gasteiger partial charge on any atom is -0.324 e. The molecule has 1 aliphatic rings. The Morgan fingerprint density at radius 1 is 1.24 bits per heavy atom. The lowest BCUT2D eigenvalue weighted by Gasteiger charge is -2.39. The Bertz CT molecular complexity index is 607. The second kappa shape index (κ2) is 6.10. The Kier molecular flexibility index (Phi) is 4.19. The first-order chi connectivity index (χ1) is 10.1. The highest BCUT2D eigenvalue weighted by molar-refractivity contribution is 5.82. The van der Waals surface area contributed by atoms with Gasteiger partial charge < -0.3 is 15.5 Å². The summed E-state index contributed by atoms with van der Waals surface area (Å²) in [5.41, 5.74) is 8.76. The molecule has 0 amide bonds. The van der Waals surface area contributed by atoms with Gasteiger partial charge in [-0.3, -0.25) is 4.98 Å². The molecule has 0 bridgehead atoms. The molecule has 4 heteroatoms. The number of piperazine rings is 1. The third-order valence-electron chi connectivity index (χ3n) is 4.59. The summed E-state index contributed by atoms with van der Waals surface area (Å²) in [6.07, 6.45) is 2.82. The Labute approximate surface area is 126 Å². The van der Waals surface area contributed by atoms with Gasteiger partial charge in [-0.1, -0.05) is 18.2 Å². The maximum Gasteiger partial charge on any atom is 0.0705 e. The van der Waals surface area contributed by atoms with Crippen LogP contribution in [0.4, 0.5) is 0 Å². The first-order valence-electron chi connectivity index (χ1n) is 7.63. The van der Waals surface area contributed by atoms with Crippen molar-refractivity contribution < 1.29 is 0 Å². The van der Waals surface area contributed by atoms with Crippen LogP contribution >= 0.6 is 0 Å². The van der Waals surface area contributed by atoms with Gasteiger partial charge in [0.15, 0.2) is 0 Å². The van der Waals surface area contributed by atoms with E-state index in [1.54, 1.807) is 0 Å². The summed E-state index contributed by atoms with van der Waals surface area (Å²) in [5, 5.41) is 1.18. The van der Waals surface area contributed by atoms with Gasteiger partial charge in [-0.05, 0) is 38.2 Å². The Morgan fingerprint density at radius 2 is 2.10 bits per heavy atom. The average molecular weight is 284 g/mol. The number of fused-ring (bicyclic) bond motifs is 1. The SMILES string of the molecule is CN1CCN(C)C(CC(N)c2cccc3ncccc23)C1. The minimum absolute atomic E-state index is 0.0526. The predicted octanol–water partition coefficient (Wildman–Crippen LogP) is 1.87. The molecule has 2 heterocycles. The molecule has 2 aromatic rings. The van der Waals surface area contributed by atoms with Crippen molar-refractivity contribution >= 4 is 10.9 Å². The van der Waals surface area contributed by atoms with Crippen LogP contribution in [0.25, 0.3) is 10.9 Å². The molecule has 0 aliphatic carbocycles. The predicted molar refractivity (Wildman–Crippen MR) is 87.2 cm³/mol. The van der Waals surface area contributed by atoms with Crippen molar-refractivity contribution in [1.82, 2.24) is 14.8 Å². The van der Waals surface area contributed by atoms with E-state index in [2.05, 4.69) is 47.1 Å². The van der Waals surface area contributed by atoms with Crippen molar-refractivity contribution in [3.8, 4) is 0 Å². The van der Waals surface area contributed by atoms with Crippen molar-refractivity contribution in [2.75, 3.05) is 33.7 Å². The third-order valence-corrected chi connectivity index (χ3v) is 4.59. The van der Waals surface area contributed by atoms with Gasteiger partial charge in [-0.15, -0.1) is 0 Å². The van der Waals surface area contributed by atoms with E-state index in [4.69, 9.17) is 5.73 Å². The molecule has 112 valence electrons. The van der Waals surface area contributed by atoms with Crippen LogP contribution in [0.5, 0.6) is 0 Å². The molecular formula is C17H24N4. The zero-order valence-corrected chi connectivity index (χ0v) is 12.9. The fourth-order valence-electron chi connectivity index (χ4n) is 3.23. The molecule has 3 rings (SSSR count). The Balaban J connectivity index is 1.82. The molecule has 21 heavy (non-hydrogen) atoms. The van der Waals surface area contributed by atoms with E-state index in [-0.39, 0.29) is 6.04 Å². The van der Waals surface area contributed by atoms with Gasteiger partial charge in [0.1, 0.15) is 0 Å². The Morgan fingerprint density at radius 3 is 2.95 bits per heavy atom. The fraction of sp³-hybridized carbons (Fsp3) is 0.471. The third kappa shape index (κ3) is 3.07. The summed E-state index contributed by atoms with van der Waals surface area (Å²) in [5.74, 6) is 0. The smallest absolute Gasteiger partial charge is 0.0705 e. The first-order valence-corrected chi connectivity index (χ1v) is 7.63.